The van der Waals surface area contributed by atoms with E-state index in [1.165, 1.54) is 0 Å². The monoisotopic (exact) mass is 354 g/mol. The second-order valence-corrected chi connectivity index (χ2v) is 6.94. The van der Waals surface area contributed by atoms with Crippen molar-refractivity contribution in [3.63, 3.8) is 0 Å². The summed E-state index contributed by atoms with van der Waals surface area (Å²) in [4.78, 5) is 16.1. The maximum atomic E-state index is 11.9. The molecule has 2 aromatic carbocycles. The lowest BCUT2D eigenvalue weighted by molar-refractivity contribution is 0.0636. The Morgan fingerprint density at radius 2 is 1.88 bits per heavy atom. The standard InChI is InChI=1S/C19H22N4O3/c1-19(2,3)26-18(24)21-12-6-5-7-13(10-12)25-14-8-9-15-16(11-14)23(4)17(20)22-15/h5-11H,1-4H3,(H2,20,22)(H,21,24). The number of aromatic nitrogens is 2. The van der Waals surface area contributed by atoms with Crippen LogP contribution >= 0.6 is 0 Å². The van der Waals surface area contributed by atoms with Crippen molar-refractivity contribution in [2.24, 2.45) is 7.05 Å². The molecule has 0 radical (unpaired) electrons. The average Bonchev–Trinajstić information content (AvgIpc) is 2.81. The quantitative estimate of drug-likeness (QED) is 0.732. The zero-order valence-electron chi connectivity index (χ0n) is 15.2. The molecule has 3 rings (SSSR count). The Morgan fingerprint density at radius 1 is 1.15 bits per heavy atom. The van der Waals surface area contributed by atoms with E-state index in [1.807, 2.05) is 52.1 Å². The number of amides is 1. The van der Waals surface area contributed by atoms with E-state index in [0.717, 1.165) is 11.0 Å². The fourth-order valence-corrected chi connectivity index (χ4v) is 2.45. The highest BCUT2D eigenvalue weighted by Crippen LogP contribution is 2.28. The zero-order valence-corrected chi connectivity index (χ0v) is 15.2. The third-order valence-electron chi connectivity index (χ3n) is 3.60. The largest absolute Gasteiger partial charge is 0.457 e. The van der Waals surface area contributed by atoms with Gasteiger partial charge in [0.25, 0.3) is 0 Å². The van der Waals surface area contributed by atoms with Gasteiger partial charge in [-0.3, -0.25) is 5.32 Å². The highest BCUT2D eigenvalue weighted by atomic mass is 16.6. The maximum absolute atomic E-state index is 11.9. The van der Waals surface area contributed by atoms with E-state index in [2.05, 4.69) is 10.3 Å². The minimum absolute atomic E-state index is 0.445. The van der Waals surface area contributed by atoms with Gasteiger partial charge in [-0.25, -0.2) is 9.78 Å². The summed E-state index contributed by atoms with van der Waals surface area (Å²) in [6, 6.07) is 12.6. The molecule has 7 nitrogen and oxygen atoms in total. The number of aryl methyl sites for hydroxylation is 1. The number of hydrogen-bond acceptors (Lipinski definition) is 5. The maximum Gasteiger partial charge on any atom is 0.412 e. The van der Waals surface area contributed by atoms with Gasteiger partial charge in [0.2, 0.25) is 5.95 Å². The van der Waals surface area contributed by atoms with Crippen LogP contribution in [0.3, 0.4) is 0 Å². The number of carbonyl (C=O) groups excluding carboxylic acids is 1. The summed E-state index contributed by atoms with van der Waals surface area (Å²) >= 11 is 0. The first kappa shape index (κ1) is 17.6. The number of rotatable bonds is 3. The van der Waals surface area contributed by atoms with Crippen molar-refractivity contribution in [2.45, 2.75) is 26.4 Å². The first-order valence-electron chi connectivity index (χ1n) is 8.21. The van der Waals surface area contributed by atoms with Crippen molar-refractivity contribution in [1.82, 2.24) is 9.55 Å². The molecule has 0 saturated carbocycles. The molecule has 0 aliphatic rings. The van der Waals surface area contributed by atoms with Crippen LogP contribution < -0.4 is 15.8 Å². The summed E-state index contributed by atoms with van der Waals surface area (Å²) in [6.45, 7) is 5.44. The Labute approximate surface area is 151 Å². The minimum Gasteiger partial charge on any atom is -0.457 e. The molecule has 1 amide bonds. The Hall–Kier alpha value is -3.22. The Morgan fingerprint density at radius 3 is 2.62 bits per heavy atom. The van der Waals surface area contributed by atoms with Crippen LogP contribution in [0.25, 0.3) is 11.0 Å². The summed E-state index contributed by atoms with van der Waals surface area (Å²) in [5.41, 5.74) is 7.53. The Kier molecular flexibility index (Phi) is 4.46. The van der Waals surface area contributed by atoms with Gasteiger partial charge in [0, 0.05) is 24.9 Å². The van der Waals surface area contributed by atoms with Gasteiger partial charge in [0.1, 0.15) is 17.1 Å². The van der Waals surface area contributed by atoms with Crippen LogP contribution in [0.4, 0.5) is 16.4 Å². The lowest BCUT2D eigenvalue weighted by Gasteiger charge is -2.19. The van der Waals surface area contributed by atoms with Crippen molar-refractivity contribution < 1.29 is 14.3 Å². The van der Waals surface area contributed by atoms with Crippen LogP contribution in [0.15, 0.2) is 42.5 Å². The van der Waals surface area contributed by atoms with E-state index in [1.54, 1.807) is 22.8 Å². The fourth-order valence-electron chi connectivity index (χ4n) is 2.45. The molecule has 0 spiro atoms. The molecule has 0 aliphatic carbocycles. The number of ether oxygens (including phenoxy) is 2. The normalized spacial score (nSPS) is 11.4. The van der Waals surface area contributed by atoms with Gasteiger partial charge in [-0.2, -0.15) is 0 Å². The van der Waals surface area contributed by atoms with E-state index >= 15 is 0 Å². The van der Waals surface area contributed by atoms with Crippen molar-refractivity contribution in [2.75, 3.05) is 11.1 Å². The molecule has 0 aliphatic heterocycles. The van der Waals surface area contributed by atoms with E-state index in [-0.39, 0.29) is 0 Å². The number of anilines is 2. The number of carbonyl (C=O) groups is 1. The Bertz CT molecular complexity index is 957. The SMILES string of the molecule is Cn1c(N)nc2ccc(Oc3cccc(NC(=O)OC(C)(C)C)c3)cc21. The number of nitrogens with zero attached hydrogens (tertiary/aromatic N) is 2. The lowest BCUT2D eigenvalue weighted by Crippen LogP contribution is -2.27. The molecule has 3 aromatic rings. The van der Waals surface area contributed by atoms with E-state index in [4.69, 9.17) is 15.2 Å². The summed E-state index contributed by atoms with van der Waals surface area (Å²) in [7, 11) is 1.85. The topological polar surface area (TPSA) is 91.4 Å². The van der Waals surface area contributed by atoms with Crippen LogP contribution in [0.1, 0.15) is 20.8 Å². The van der Waals surface area contributed by atoms with Gasteiger partial charge in [0.05, 0.1) is 11.0 Å². The average molecular weight is 354 g/mol. The second kappa shape index (κ2) is 6.59. The second-order valence-electron chi connectivity index (χ2n) is 6.94. The van der Waals surface area contributed by atoms with Crippen LogP contribution in [-0.4, -0.2) is 21.2 Å². The molecule has 1 aromatic heterocycles. The van der Waals surface area contributed by atoms with Crippen LogP contribution in [-0.2, 0) is 11.8 Å². The van der Waals surface area contributed by atoms with Gasteiger partial charge < -0.3 is 19.8 Å². The summed E-state index contributed by atoms with van der Waals surface area (Å²) in [5, 5.41) is 2.69. The van der Waals surface area contributed by atoms with Gasteiger partial charge in [0.15, 0.2) is 0 Å². The molecule has 3 N–H and O–H groups in total. The first-order chi connectivity index (χ1) is 12.2. The molecule has 0 atom stereocenters. The molecule has 0 fully saturated rings. The van der Waals surface area contributed by atoms with Gasteiger partial charge in [-0.1, -0.05) is 6.07 Å². The lowest BCUT2D eigenvalue weighted by atomic mass is 10.2. The fraction of sp³-hybridized carbons (Fsp3) is 0.263. The third-order valence-corrected chi connectivity index (χ3v) is 3.60. The van der Waals surface area contributed by atoms with Crippen molar-refractivity contribution in [3.05, 3.63) is 42.5 Å². The van der Waals surface area contributed by atoms with E-state index in [9.17, 15) is 4.79 Å². The van der Waals surface area contributed by atoms with Crippen molar-refractivity contribution in [1.29, 1.82) is 0 Å². The van der Waals surface area contributed by atoms with E-state index < -0.39 is 11.7 Å². The number of imidazole rings is 1. The first-order valence-corrected chi connectivity index (χ1v) is 8.21. The summed E-state index contributed by atoms with van der Waals surface area (Å²) < 4.78 is 12.9. The van der Waals surface area contributed by atoms with Gasteiger partial charge in [-0.05, 0) is 45.0 Å². The number of hydrogen-bond donors (Lipinski definition) is 2. The molecule has 0 bridgehead atoms. The van der Waals surface area contributed by atoms with Crippen molar-refractivity contribution in [3.8, 4) is 11.5 Å². The highest BCUT2D eigenvalue weighted by Gasteiger charge is 2.16. The smallest absolute Gasteiger partial charge is 0.412 e. The number of benzene rings is 2. The summed E-state index contributed by atoms with van der Waals surface area (Å²) in [6.07, 6.45) is -0.513. The van der Waals surface area contributed by atoms with E-state index in [0.29, 0.717) is 23.1 Å². The van der Waals surface area contributed by atoms with Crippen LogP contribution in [0.2, 0.25) is 0 Å². The predicted molar refractivity (Wildman–Crippen MR) is 101 cm³/mol. The highest BCUT2D eigenvalue weighted by molar-refractivity contribution is 5.85. The van der Waals surface area contributed by atoms with Crippen LogP contribution in [0, 0.1) is 0 Å². The molecule has 26 heavy (non-hydrogen) atoms. The predicted octanol–water partition coefficient (Wildman–Crippen LogP) is 4.29. The Balaban J connectivity index is 1.76. The molecule has 1 heterocycles. The third kappa shape index (κ3) is 4.05. The zero-order chi connectivity index (χ0) is 18.9. The molecule has 0 unspecified atom stereocenters. The number of nitrogen functional groups attached to an aromatic ring is 1. The number of nitrogens with two attached hydrogens (primary N) is 1. The van der Waals surface area contributed by atoms with Crippen LogP contribution in [0.5, 0.6) is 11.5 Å². The van der Waals surface area contributed by atoms with Gasteiger partial charge in [-0.15, -0.1) is 0 Å². The number of fused-ring (bicyclic) bond motifs is 1. The molecule has 7 heteroatoms. The molecular formula is C19H22N4O3. The molecular weight excluding hydrogens is 332 g/mol. The summed E-state index contributed by atoms with van der Waals surface area (Å²) in [5.74, 6) is 1.68. The number of nitrogens with one attached hydrogen (secondary N) is 1. The minimum atomic E-state index is -0.557. The molecule has 0 saturated heterocycles. The molecule has 136 valence electrons. The van der Waals surface area contributed by atoms with Gasteiger partial charge >= 0.3 is 6.09 Å². The van der Waals surface area contributed by atoms with Crippen molar-refractivity contribution >= 4 is 28.8 Å².